The summed E-state index contributed by atoms with van der Waals surface area (Å²) in [5, 5.41) is 10.3. The van der Waals surface area contributed by atoms with Gasteiger partial charge in [0, 0.05) is 5.41 Å². The molecule has 3 saturated carbocycles. The lowest BCUT2D eigenvalue weighted by atomic mass is 9.36. The first-order valence-corrected chi connectivity index (χ1v) is 13.9. The van der Waals surface area contributed by atoms with E-state index in [-0.39, 0.29) is 35.2 Å². The molecule has 4 rings (SSSR count). The number of fused-ring (bicyclic) bond motifs is 5. The first-order chi connectivity index (χ1) is 15.9. The molecule has 0 radical (unpaired) electrons. The molecule has 0 saturated heterocycles. The summed E-state index contributed by atoms with van der Waals surface area (Å²) in [5.41, 5.74) is 1.10. The highest BCUT2D eigenvalue weighted by Crippen LogP contribution is 2.73. The van der Waals surface area contributed by atoms with Crippen LogP contribution in [0.2, 0.25) is 0 Å². The van der Waals surface area contributed by atoms with E-state index < -0.39 is 11.5 Å². The smallest absolute Gasteiger partial charge is 0.308 e. The van der Waals surface area contributed by atoms with Gasteiger partial charge in [0.1, 0.15) is 12.4 Å². The molecule has 0 aromatic heterocycles. The van der Waals surface area contributed by atoms with Crippen LogP contribution in [0.1, 0.15) is 106 Å². The predicted octanol–water partition coefficient (Wildman–Crippen LogP) is 6.50. The van der Waals surface area contributed by atoms with Crippen LogP contribution in [0.5, 0.6) is 0 Å². The lowest BCUT2D eigenvalue weighted by Gasteiger charge is -2.69. The maximum Gasteiger partial charge on any atom is 0.308 e. The highest BCUT2D eigenvalue weighted by molar-refractivity contribution is 5.77. The molecule has 34 heavy (non-hydrogen) atoms. The van der Waals surface area contributed by atoms with Crippen molar-refractivity contribution in [2.24, 2.45) is 45.3 Å². The summed E-state index contributed by atoms with van der Waals surface area (Å²) < 4.78 is 6.26. The van der Waals surface area contributed by atoms with Gasteiger partial charge >= 0.3 is 5.97 Å². The van der Waals surface area contributed by atoms with Crippen LogP contribution in [-0.4, -0.2) is 29.6 Å². The molecule has 9 atom stereocenters. The summed E-state index contributed by atoms with van der Waals surface area (Å²) in [6.07, 6.45) is 11.4. The Morgan fingerprint density at radius 1 is 1.12 bits per heavy atom. The van der Waals surface area contributed by atoms with Crippen molar-refractivity contribution in [3.05, 3.63) is 11.6 Å². The van der Waals surface area contributed by atoms with E-state index in [1.807, 2.05) is 13.8 Å². The van der Waals surface area contributed by atoms with E-state index >= 15 is 0 Å². The minimum atomic E-state index is -0.699. The van der Waals surface area contributed by atoms with Crippen molar-refractivity contribution in [2.75, 3.05) is 0 Å². The van der Waals surface area contributed by atoms with Gasteiger partial charge in [-0.3, -0.25) is 9.59 Å². The first kappa shape index (κ1) is 25.9. The zero-order valence-corrected chi connectivity index (χ0v) is 22.7. The molecule has 0 heterocycles. The number of esters is 1. The molecule has 0 aromatic rings. The Morgan fingerprint density at radius 3 is 2.41 bits per heavy atom. The molecule has 192 valence electrons. The molecule has 0 bridgehead atoms. The van der Waals surface area contributed by atoms with Crippen molar-refractivity contribution in [1.82, 2.24) is 0 Å². The second-order valence-corrected chi connectivity index (χ2v) is 13.6. The third kappa shape index (κ3) is 3.64. The third-order valence-corrected chi connectivity index (χ3v) is 11.9. The molecule has 0 spiro atoms. The number of hydrogen-bond acceptors (Lipinski definition) is 4. The number of carbonyl (C=O) groups excluding carboxylic acids is 2. The van der Waals surface area contributed by atoms with Crippen molar-refractivity contribution in [3.8, 4) is 0 Å². The maximum atomic E-state index is 13.0. The van der Waals surface area contributed by atoms with E-state index in [2.05, 4.69) is 40.7 Å². The summed E-state index contributed by atoms with van der Waals surface area (Å²) in [4.78, 5) is 25.2. The molecule has 3 fully saturated rings. The molecule has 0 unspecified atom stereocenters. The Balaban J connectivity index is 1.71. The topological polar surface area (TPSA) is 63.6 Å². The first-order valence-electron chi connectivity index (χ1n) is 13.9. The molecule has 0 aliphatic heterocycles. The SMILES string of the molecule is CC[C@@]1(C)CCC[C@]2(C)[C@H]3C[C@H](OC(=O)C[C@H](O)C(C)C)[C@]4(C)C(C=O)=CC[C@H]4[C@]3(C)CC[C@@H]12. The van der Waals surface area contributed by atoms with Crippen molar-refractivity contribution >= 4 is 12.3 Å². The van der Waals surface area contributed by atoms with Crippen LogP contribution in [0.15, 0.2) is 11.6 Å². The van der Waals surface area contributed by atoms with Crippen LogP contribution in [-0.2, 0) is 14.3 Å². The quantitative estimate of drug-likeness (QED) is 0.354. The van der Waals surface area contributed by atoms with E-state index in [0.717, 1.165) is 24.7 Å². The summed E-state index contributed by atoms with van der Waals surface area (Å²) in [7, 11) is 0. The number of aliphatic hydroxyl groups is 1. The van der Waals surface area contributed by atoms with Crippen LogP contribution in [0.4, 0.5) is 0 Å². The van der Waals surface area contributed by atoms with Gasteiger partial charge in [-0.15, -0.1) is 0 Å². The minimum Gasteiger partial charge on any atom is -0.461 e. The molecule has 1 N–H and O–H groups in total. The van der Waals surface area contributed by atoms with Gasteiger partial charge in [0.25, 0.3) is 0 Å². The fourth-order valence-electron chi connectivity index (χ4n) is 9.57. The second-order valence-electron chi connectivity index (χ2n) is 13.6. The number of aliphatic hydroxyl groups excluding tert-OH is 1. The Labute approximate surface area is 207 Å². The monoisotopic (exact) mass is 472 g/mol. The summed E-state index contributed by atoms with van der Waals surface area (Å²) in [6, 6.07) is 0. The zero-order valence-electron chi connectivity index (χ0n) is 22.7. The van der Waals surface area contributed by atoms with Crippen LogP contribution < -0.4 is 0 Å². The van der Waals surface area contributed by atoms with Gasteiger partial charge < -0.3 is 9.84 Å². The van der Waals surface area contributed by atoms with E-state index in [0.29, 0.717) is 23.2 Å². The average Bonchev–Trinajstić information content (AvgIpc) is 3.13. The molecule has 0 aromatic carbocycles. The molecule has 4 aliphatic rings. The fraction of sp³-hybridized carbons (Fsp3) is 0.867. The van der Waals surface area contributed by atoms with Crippen molar-refractivity contribution in [3.63, 3.8) is 0 Å². The molecule has 4 nitrogen and oxygen atoms in total. The van der Waals surface area contributed by atoms with Crippen LogP contribution >= 0.6 is 0 Å². The van der Waals surface area contributed by atoms with E-state index in [1.54, 1.807) is 0 Å². The molecule has 4 aliphatic carbocycles. The number of hydrogen-bond donors (Lipinski definition) is 1. The highest BCUT2D eigenvalue weighted by Gasteiger charge is 2.68. The Bertz CT molecular complexity index is 847. The third-order valence-electron chi connectivity index (χ3n) is 11.9. The fourth-order valence-corrected chi connectivity index (χ4v) is 9.57. The second kappa shape index (κ2) is 8.75. The minimum absolute atomic E-state index is 0.00872. The molecular formula is C30H48O4. The number of carbonyl (C=O) groups is 2. The average molecular weight is 473 g/mol. The molecule has 0 amide bonds. The van der Waals surface area contributed by atoms with Gasteiger partial charge in [-0.25, -0.2) is 0 Å². The standard InChI is InChI=1S/C30H48O4/c1-8-27(4)13-9-14-28(5)22(27)12-15-29(6)23-11-10-20(18-31)30(23,7)25(17-24(28)29)34-26(33)16-21(32)19(2)3/h10,18-19,21-25,32H,8-9,11-17H2,1-7H3/t21-,22-,23-,24+,25-,27-,28-,29-,30+/m0/s1. The van der Waals surface area contributed by atoms with Crippen molar-refractivity contribution in [2.45, 2.75) is 118 Å². The number of rotatable bonds is 6. The van der Waals surface area contributed by atoms with Crippen molar-refractivity contribution < 1.29 is 19.4 Å². The number of ether oxygens (including phenoxy) is 1. The highest BCUT2D eigenvalue weighted by atomic mass is 16.5. The van der Waals surface area contributed by atoms with E-state index in [1.165, 1.54) is 38.5 Å². The van der Waals surface area contributed by atoms with Crippen LogP contribution in [0, 0.1) is 45.3 Å². The summed E-state index contributed by atoms with van der Waals surface area (Å²) in [5.74, 6) is 1.15. The molecular weight excluding hydrogens is 424 g/mol. The number of allylic oxidation sites excluding steroid dienone is 1. The van der Waals surface area contributed by atoms with Gasteiger partial charge in [-0.2, -0.15) is 0 Å². The van der Waals surface area contributed by atoms with E-state index in [4.69, 9.17) is 4.74 Å². The van der Waals surface area contributed by atoms with Crippen molar-refractivity contribution in [1.29, 1.82) is 0 Å². The zero-order chi connectivity index (χ0) is 25.1. The van der Waals surface area contributed by atoms with E-state index in [9.17, 15) is 14.7 Å². The Kier molecular flexibility index (Phi) is 6.67. The van der Waals surface area contributed by atoms with Gasteiger partial charge in [-0.1, -0.05) is 67.4 Å². The predicted molar refractivity (Wildman–Crippen MR) is 135 cm³/mol. The Morgan fingerprint density at radius 2 is 1.79 bits per heavy atom. The Hall–Kier alpha value is -1.16. The largest absolute Gasteiger partial charge is 0.461 e. The summed E-state index contributed by atoms with van der Waals surface area (Å²) in [6.45, 7) is 15.9. The van der Waals surface area contributed by atoms with Crippen LogP contribution in [0.25, 0.3) is 0 Å². The van der Waals surface area contributed by atoms with Crippen LogP contribution in [0.3, 0.4) is 0 Å². The van der Waals surface area contributed by atoms with Gasteiger partial charge in [0.05, 0.1) is 12.5 Å². The van der Waals surface area contributed by atoms with Gasteiger partial charge in [-0.05, 0) is 84.0 Å². The molecule has 4 heteroatoms. The lowest BCUT2D eigenvalue weighted by Crippen LogP contribution is -2.64. The van der Waals surface area contributed by atoms with Gasteiger partial charge in [0.15, 0.2) is 0 Å². The van der Waals surface area contributed by atoms with Gasteiger partial charge in [0.2, 0.25) is 0 Å². The maximum absolute atomic E-state index is 13.0. The lowest BCUT2D eigenvalue weighted by molar-refractivity contribution is -0.222. The number of aldehydes is 1. The normalized spacial score (nSPS) is 46.7. The summed E-state index contributed by atoms with van der Waals surface area (Å²) >= 11 is 0.